The first-order valence-corrected chi connectivity index (χ1v) is 12.5. The number of ether oxygens (including phenoxy) is 1. The van der Waals surface area contributed by atoms with E-state index in [1.54, 1.807) is 36.4 Å². The molecular weight excluding hydrogens is 492 g/mol. The van der Waals surface area contributed by atoms with Crippen LogP contribution in [0.25, 0.3) is 22.2 Å². The number of aliphatic hydroxyl groups is 1. The van der Waals surface area contributed by atoms with Crippen molar-refractivity contribution in [2.45, 2.75) is 45.0 Å². The maximum Gasteiger partial charge on any atom is 0.223 e. The summed E-state index contributed by atoms with van der Waals surface area (Å²) in [5.41, 5.74) is 2.53. The van der Waals surface area contributed by atoms with Crippen molar-refractivity contribution in [3.8, 4) is 11.3 Å². The number of hydrogen-bond acceptors (Lipinski definition) is 7. The highest BCUT2D eigenvalue weighted by Crippen LogP contribution is 2.28. The molecule has 3 N–H and O–H groups in total. The number of pyridine rings is 1. The molecule has 0 spiro atoms. The fourth-order valence-electron chi connectivity index (χ4n) is 4.74. The van der Waals surface area contributed by atoms with Crippen LogP contribution in [-0.2, 0) is 11.3 Å². The number of nitrogens with zero attached hydrogens (tertiary/aromatic N) is 3. The van der Waals surface area contributed by atoms with E-state index in [4.69, 9.17) is 4.74 Å². The highest BCUT2D eigenvalue weighted by atomic mass is 19.1. The summed E-state index contributed by atoms with van der Waals surface area (Å²) in [6.07, 6.45) is 0.950. The van der Waals surface area contributed by atoms with Crippen LogP contribution in [0.5, 0.6) is 0 Å². The van der Waals surface area contributed by atoms with Crippen LogP contribution in [-0.4, -0.2) is 45.0 Å². The van der Waals surface area contributed by atoms with E-state index < -0.39 is 11.9 Å². The molecule has 0 aliphatic carbocycles. The molecule has 2 aromatic heterocycles. The van der Waals surface area contributed by atoms with E-state index in [0.29, 0.717) is 36.0 Å². The molecule has 0 radical (unpaired) electrons. The van der Waals surface area contributed by atoms with E-state index in [1.165, 1.54) is 12.1 Å². The SMILES string of the molecule is CC(C)n1c(CNc2ccc(F)cc2)cc(=O)c2ccc(-c3nc(N[C@@H]4CCOC[C@H]4O)ncc3F)cc21. The lowest BCUT2D eigenvalue weighted by molar-refractivity contribution is -0.0136. The molecule has 5 rings (SSSR count). The molecule has 0 amide bonds. The van der Waals surface area contributed by atoms with Crippen LogP contribution in [0.15, 0.2) is 59.5 Å². The second-order valence-corrected chi connectivity index (χ2v) is 9.63. The van der Waals surface area contributed by atoms with Gasteiger partial charge in [0.25, 0.3) is 0 Å². The number of nitrogens with one attached hydrogen (secondary N) is 2. The first kappa shape index (κ1) is 25.7. The van der Waals surface area contributed by atoms with Gasteiger partial charge in [-0.1, -0.05) is 6.07 Å². The van der Waals surface area contributed by atoms with Crippen LogP contribution < -0.4 is 16.1 Å². The Labute approximate surface area is 218 Å². The predicted molar refractivity (Wildman–Crippen MR) is 142 cm³/mol. The van der Waals surface area contributed by atoms with Crippen molar-refractivity contribution < 1.29 is 18.6 Å². The zero-order valence-corrected chi connectivity index (χ0v) is 21.1. The van der Waals surface area contributed by atoms with E-state index in [2.05, 4.69) is 20.6 Å². The maximum atomic E-state index is 14.9. The third-order valence-electron chi connectivity index (χ3n) is 6.62. The van der Waals surface area contributed by atoms with E-state index in [0.717, 1.165) is 17.6 Å². The molecule has 198 valence electrons. The lowest BCUT2D eigenvalue weighted by Gasteiger charge is -2.28. The Kier molecular flexibility index (Phi) is 7.35. The first-order chi connectivity index (χ1) is 18.3. The molecule has 4 aromatic rings. The molecule has 1 saturated heterocycles. The largest absolute Gasteiger partial charge is 0.389 e. The Morgan fingerprint density at radius 1 is 1.16 bits per heavy atom. The fraction of sp³-hybridized carbons (Fsp3) is 0.321. The van der Waals surface area contributed by atoms with E-state index in [9.17, 15) is 18.7 Å². The Bertz CT molecular complexity index is 1510. The Morgan fingerprint density at radius 3 is 2.68 bits per heavy atom. The molecular formula is C28H29F2N5O3. The summed E-state index contributed by atoms with van der Waals surface area (Å²) in [6.45, 7) is 5.05. The van der Waals surface area contributed by atoms with Gasteiger partial charge in [0.15, 0.2) is 11.2 Å². The number of anilines is 2. The van der Waals surface area contributed by atoms with Crippen molar-refractivity contribution in [3.63, 3.8) is 0 Å². The van der Waals surface area contributed by atoms with Crippen molar-refractivity contribution in [2.24, 2.45) is 0 Å². The van der Waals surface area contributed by atoms with Crippen LogP contribution in [0.3, 0.4) is 0 Å². The molecule has 8 nitrogen and oxygen atoms in total. The zero-order valence-electron chi connectivity index (χ0n) is 21.1. The molecule has 10 heteroatoms. The summed E-state index contributed by atoms with van der Waals surface area (Å²) in [6, 6.07) is 12.4. The summed E-state index contributed by atoms with van der Waals surface area (Å²) in [7, 11) is 0. The third kappa shape index (κ3) is 5.36. The molecule has 0 bridgehead atoms. The van der Waals surface area contributed by atoms with Gasteiger partial charge in [0.1, 0.15) is 11.5 Å². The van der Waals surface area contributed by atoms with Crippen LogP contribution >= 0.6 is 0 Å². The molecule has 2 aromatic carbocycles. The van der Waals surface area contributed by atoms with Gasteiger partial charge >= 0.3 is 0 Å². The minimum atomic E-state index is -0.719. The van der Waals surface area contributed by atoms with E-state index in [-0.39, 0.29) is 41.6 Å². The standard InChI is InChI=1S/C28H29F2N5O3/c1-16(2)35-20(13-31-19-6-4-18(29)5-7-19)12-25(36)21-8-3-17(11-24(21)35)27-22(30)14-32-28(34-27)33-23-9-10-38-15-26(23)37/h3-8,11-12,14,16,23,26,31,37H,9-10,13,15H2,1-2H3,(H,32,33,34)/t23-,26-/m1/s1. The molecule has 1 aliphatic rings. The number of aliphatic hydroxyl groups excluding tert-OH is 1. The number of halogens is 2. The maximum absolute atomic E-state index is 14.9. The van der Waals surface area contributed by atoms with Crippen LogP contribution in [0, 0.1) is 11.6 Å². The highest BCUT2D eigenvalue weighted by molar-refractivity contribution is 5.84. The second kappa shape index (κ2) is 10.8. The van der Waals surface area contributed by atoms with Crippen molar-refractivity contribution in [3.05, 3.63) is 82.3 Å². The van der Waals surface area contributed by atoms with Gasteiger partial charge in [-0.25, -0.2) is 18.7 Å². The smallest absolute Gasteiger partial charge is 0.223 e. The van der Waals surface area contributed by atoms with Gasteiger partial charge in [0, 0.05) is 41.0 Å². The second-order valence-electron chi connectivity index (χ2n) is 9.63. The van der Waals surface area contributed by atoms with Crippen LogP contribution in [0.4, 0.5) is 20.4 Å². The summed E-state index contributed by atoms with van der Waals surface area (Å²) in [4.78, 5) is 21.5. The van der Waals surface area contributed by atoms with Gasteiger partial charge < -0.3 is 25.0 Å². The minimum Gasteiger partial charge on any atom is -0.389 e. The predicted octanol–water partition coefficient (Wildman–Crippen LogP) is 4.49. The van der Waals surface area contributed by atoms with Gasteiger partial charge in [-0.15, -0.1) is 0 Å². The van der Waals surface area contributed by atoms with Gasteiger partial charge in [0.05, 0.1) is 37.0 Å². The molecule has 1 fully saturated rings. The summed E-state index contributed by atoms with van der Waals surface area (Å²) in [5, 5.41) is 17.0. The lowest BCUT2D eigenvalue weighted by atomic mass is 10.1. The number of benzene rings is 2. The number of hydrogen-bond donors (Lipinski definition) is 3. The van der Waals surface area contributed by atoms with Gasteiger partial charge in [0.2, 0.25) is 5.95 Å². The zero-order chi connectivity index (χ0) is 26.8. The van der Waals surface area contributed by atoms with Gasteiger partial charge in [-0.05, 0) is 56.7 Å². The van der Waals surface area contributed by atoms with Crippen molar-refractivity contribution in [2.75, 3.05) is 23.8 Å². The normalized spacial score (nSPS) is 17.6. The molecule has 0 unspecified atom stereocenters. The molecule has 3 heterocycles. The Morgan fingerprint density at radius 2 is 1.95 bits per heavy atom. The van der Waals surface area contributed by atoms with Crippen LogP contribution in [0.1, 0.15) is 32.0 Å². The van der Waals surface area contributed by atoms with Gasteiger partial charge in [-0.3, -0.25) is 4.79 Å². The molecule has 0 saturated carbocycles. The van der Waals surface area contributed by atoms with Crippen molar-refractivity contribution >= 4 is 22.5 Å². The van der Waals surface area contributed by atoms with E-state index >= 15 is 0 Å². The average Bonchev–Trinajstić information content (AvgIpc) is 2.90. The van der Waals surface area contributed by atoms with E-state index in [1.807, 2.05) is 18.4 Å². The quantitative estimate of drug-likeness (QED) is 0.329. The van der Waals surface area contributed by atoms with Crippen molar-refractivity contribution in [1.82, 2.24) is 14.5 Å². The monoisotopic (exact) mass is 521 g/mol. The highest BCUT2D eigenvalue weighted by Gasteiger charge is 2.25. The fourth-order valence-corrected chi connectivity index (χ4v) is 4.74. The molecule has 38 heavy (non-hydrogen) atoms. The lowest BCUT2D eigenvalue weighted by Crippen LogP contribution is -2.42. The Hall–Kier alpha value is -3.89. The Balaban J connectivity index is 1.52. The number of rotatable bonds is 7. The summed E-state index contributed by atoms with van der Waals surface area (Å²) in [5.74, 6) is -0.729. The van der Waals surface area contributed by atoms with Crippen LogP contribution in [0.2, 0.25) is 0 Å². The number of fused-ring (bicyclic) bond motifs is 1. The minimum absolute atomic E-state index is 0.0131. The molecule has 1 aliphatic heterocycles. The summed E-state index contributed by atoms with van der Waals surface area (Å²) >= 11 is 0. The first-order valence-electron chi connectivity index (χ1n) is 12.5. The van der Waals surface area contributed by atoms with Gasteiger partial charge in [-0.2, -0.15) is 0 Å². The average molecular weight is 522 g/mol. The van der Waals surface area contributed by atoms with Crippen molar-refractivity contribution in [1.29, 1.82) is 0 Å². The number of aromatic nitrogens is 3. The molecule has 2 atom stereocenters. The summed E-state index contributed by atoms with van der Waals surface area (Å²) < 4.78 is 35.5. The third-order valence-corrected chi connectivity index (χ3v) is 6.62. The topological polar surface area (TPSA) is 101 Å².